The van der Waals surface area contributed by atoms with Gasteiger partial charge < -0.3 is 15.2 Å². The molecule has 0 aliphatic carbocycles. The highest BCUT2D eigenvalue weighted by molar-refractivity contribution is 9.10. The van der Waals surface area contributed by atoms with E-state index in [2.05, 4.69) is 21.2 Å². The maximum Gasteiger partial charge on any atom is 0.332 e. The van der Waals surface area contributed by atoms with Gasteiger partial charge in [-0.15, -0.1) is 0 Å². The molecule has 1 saturated heterocycles. The van der Waals surface area contributed by atoms with Crippen LogP contribution in [-0.2, 0) is 15.1 Å². The van der Waals surface area contributed by atoms with Crippen LogP contribution in [-0.4, -0.2) is 40.6 Å². The first-order valence-corrected chi connectivity index (χ1v) is 11.1. The third kappa shape index (κ3) is 4.01. The second-order valence-corrected chi connectivity index (χ2v) is 9.09. The zero-order chi connectivity index (χ0) is 21.3. The fourth-order valence-corrected chi connectivity index (χ4v) is 5.30. The second-order valence-electron chi connectivity index (χ2n) is 7.17. The van der Waals surface area contributed by atoms with Gasteiger partial charge in [-0.1, -0.05) is 45.9 Å². The summed E-state index contributed by atoms with van der Waals surface area (Å²) in [5.41, 5.74) is -0.321. The molecule has 0 aromatic heterocycles. The molecule has 0 radical (unpaired) electrons. The third-order valence-electron chi connectivity index (χ3n) is 5.33. The molecule has 2 aromatic rings. The molecule has 1 amide bonds. The quantitative estimate of drug-likeness (QED) is 0.679. The van der Waals surface area contributed by atoms with E-state index >= 15 is 0 Å². The van der Waals surface area contributed by atoms with Crippen molar-refractivity contribution in [1.29, 1.82) is 0 Å². The highest BCUT2D eigenvalue weighted by Crippen LogP contribution is 2.47. The summed E-state index contributed by atoms with van der Waals surface area (Å²) in [6.45, 7) is -0.0900. The van der Waals surface area contributed by atoms with E-state index in [0.29, 0.717) is 26.5 Å². The summed E-state index contributed by atoms with van der Waals surface area (Å²) in [5, 5.41) is 12.5. The van der Waals surface area contributed by atoms with Crippen LogP contribution < -0.4 is 5.32 Å². The first-order valence-electron chi connectivity index (χ1n) is 9.28. The monoisotopic (exact) mass is 492 g/mol. The Morgan fingerprint density at radius 2 is 2.03 bits per heavy atom. The Hall–Kier alpha value is -2.23. The lowest BCUT2D eigenvalue weighted by atomic mass is 9.75. The van der Waals surface area contributed by atoms with Crippen molar-refractivity contribution >= 4 is 44.7 Å². The summed E-state index contributed by atoms with van der Waals surface area (Å²) in [4.78, 5) is 28.8. The van der Waals surface area contributed by atoms with Gasteiger partial charge in [0.05, 0.1) is 6.61 Å². The van der Waals surface area contributed by atoms with E-state index in [-0.39, 0.29) is 24.9 Å². The van der Waals surface area contributed by atoms with Gasteiger partial charge in [-0.3, -0.25) is 4.79 Å². The van der Waals surface area contributed by atoms with Gasteiger partial charge in [-0.25, -0.2) is 14.2 Å². The Morgan fingerprint density at radius 3 is 2.77 bits per heavy atom. The van der Waals surface area contributed by atoms with Crippen LogP contribution in [0, 0.1) is 11.7 Å². The molecule has 0 bridgehead atoms. The molecule has 1 fully saturated rings. The van der Waals surface area contributed by atoms with Crippen LogP contribution in [0.5, 0.6) is 0 Å². The van der Waals surface area contributed by atoms with Gasteiger partial charge in [0.2, 0.25) is 0 Å². The number of hydrogen-bond donors (Lipinski definition) is 2. The number of carbonyl (C=O) groups is 2. The lowest BCUT2D eigenvalue weighted by Crippen LogP contribution is -2.52. The van der Waals surface area contributed by atoms with Crippen LogP contribution in [0.3, 0.4) is 0 Å². The first-order chi connectivity index (χ1) is 14.4. The number of nitrogens with zero attached hydrogens (tertiary/aromatic N) is 1. The number of nitrogens with one attached hydrogen (secondary N) is 1. The standard InChI is InChI=1S/C21H18BrFN2O4S/c22-14-6-7-16(23)15(9-14)21-11-29-17(19(27)28)8-13(21)10-30-20(25-21)24-18(26)12-4-2-1-3-5-12/h1-7,9,13,17H,8,10-11H2,(H,27,28)(H,24,25,26)/t13-,17?,21-/m0/s1. The molecule has 0 saturated carbocycles. The van der Waals surface area contributed by atoms with Crippen LogP contribution in [0.15, 0.2) is 58.0 Å². The number of thioether (sulfide) groups is 1. The fourth-order valence-electron chi connectivity index (χ4n) is 3.77. The van der Waals surface area contributed by atoms with Crippen molar-refractivity contribution in [2.75, 3.05) is 12.4 Å². The molecule has 2 N–H and O–H groups in total. The molecule has 6 nitrogen and oxygen atoms in total. The first kappa shape index (κ1) is 21.0. The van der Waals surface area contributed by atoms with E-state index in [1.54, 1.807) is 36.4 Å². The van der Waals surface area contributed by atoms with Gasteiger partial charge >= 0.3 is 5.97 Å². The number of amidine groups is 1. The Labute approximate surface area is 185 Å². The largest absolute Gasteiger partial charge is 0.479 e. The smallest absolute Gasteiger partial charge is 0.332 e. The maximum atomic E-state index is 14.9. The molecule has 2 aliphatic heterocycles. The van der Waals surface area contributed by atoms with E-state index in [1.807, 2.05) is 6.07 Å². The van der Waals surface area contributed by atoms with Crippen LogP contribution in [0.2, 0.25) is 0 Å². The number of benzene rings is 2. The second kappa shape index (κ2) is 8.49. The summed E-state index contributed by atoms with van der Waals surface area (Å²) in [6, 6.07) is 13.3. The number of ether oxygens (including phenoxy) is 1. The van der Waals surface area contributed by atoms with Crippen molar-refractivity contribution in [3.8, 4) is 0 Å². The van der Waals surface area contributed by atoms with Crippen LogP contribution in [0.4, 0.5) is 4.39 Å². The van der Waals surface area contributed by atoms with Gasteiger partial charge in [0, 0.05) is 27.3 Å². The Bertz CT molecular complexity index is 1020. The maximum absolute atomic E-state index is 14.9. The number of carboxylic acids is 1. The van der Waals surface area contributed by atoms with Gasteiger partial charge in [-0.05, 0) is 36.8 Å². The molecule has 2 heterocycles. The van der Waals surface area contributed by atoms with Crippen LogP contribution in [0.1, 0.15) is 22.3 Å². The number of aliphatic imine (C=N–C) groups is 1. The topological polar surface area (TPSA) is 88.0 Å². The van der Waals surface area contributed by atoms with Crippen molar-refractivity contribution in [2.24, 2.45) is 10.9 Å². The molecule has 0 spiro atoms. The molecule has 2 aliphatic rings. The van der Waals surface area contributed by atoms with Gasteiger partial charge in [0.25, 0.3) is 5.91 Å². The minimum atomic E-state index is -1.12. The van der Waals surface area contributed by atoms with Crippen LogP contribution in [0.25, 0.3) is 0 Å². The van der Waals surface area contributed by atoms with Gasteiger partial charge in [0.1, 0.15) is 11.4 Å². The molecular weight excluding hydrogens is 475 g/mol. The zero-order valence-electron chi connectivity index (χ0n) is 15.7. The predicted octanol–water partition coefficient (Wildman–Crippen LogP) is 3.81. The average molecular weight is 493 g/mol. The molecular formula is C21H18BrFN2O4S. The normalized spacial score (nSPS) is 25.7. The van der Waals surface area contributed by atoms with Crippen molar-refractivity contribution < 1.29 is 23.8 Å². The number of rotatable bonds is 3. The average Bonchev–Trinajstić information content (AvgIpc) is 2.75. The third-order valence-corrected chi connectivity index (χ3v) is 6.86. The summed E-state index contributed by atoms with van der Waals surface area (Å²) >= 11 is 4.70. The number of aliphatic carboxylic acids is 1. The Balaban J connectivity index is 1.72. The van der Waals surface area contributed by atoms with E-state index in [1.165, 1.54) is 17.8 Å². The zero-order valence-corrected chi connectivity index (χ0v) is 18.1. The number of carbonyl (C=O) groups excluding carboxylic acids is 1. The lowest BCUT2D eigenvalue weighted by molar-refractivity contribution is -0.159. The summed E-state index contributed by atoms with van der Waals surface area (Å²) in [7, 11) is 0. The highest BCUT2D eigenvalue weighted by atomic mass is 79.9. The molecule has 156 valence electrons. The highest BCUT2D eigenvalue weighted by Gasteiger charge is 2.51. The van der Waals surface area contributed by atoms with E-state index in [0.717, 1.165) is 0 Å². The Morgan fingerprint density at radius 1 is 1.27 bits per heavy atom. The van der Waals surface area contributed by atoms with Gasteiger partial charge in [0.15, 0.2) is 11.3 Å². The predicted molar refractivity (Wildman–Crippen MR) is 115 cm³/mol. The minimum absolute atomic E-state index is 0.0900. The number of hydrogen-bond acceptors (Lipinski definition) is 5. The van der Waals surface area contributed by atoms with Crippen molar-refractivity contribution in [1.82, 2.24) is 5.32 Å². The SMILES string of the molecule is O=C(NC1=N[C@@]2(c3cc(Br)ccc3F)COC(C(=O)O)C[C@H]2CS1)c1ccccc1. The van der Waals surface area contributed by atoms with Crippen LogP contribution >= 0.6 is 27.7 Å². The summed E-state index contributed by atoms with van der Waals surface area (Å²) in [5.74, 6) is -1.60. The van der Waals surface area contributed by atoms with Crippen molar-refractivity contribution in [3.05, 3.63) is 69.9 Å². The Kier molecular flexibility index (Phi) is 5.95. The number of carboxylic acid groups (broad SMARTS) is 1. The number of halogens is 2. The van der Waals surface area contributed by atoms with E-state index in [4.69, 9.17) is 9.73 Å². The van der Waals surface area contributed by atoms with E-state index in [9.17, 15) is 19.1 Å². The molecule has 9 heteroatoms. The molecule has 4 rings (SSSR count). The van der Waals surface area contributed by atoms with E-state index < -0.39 is 23.4 Å². The lowest BCUT2D eigenvalue weighted by Gasteiger charge is -2.45. The van der Waals surface area contributed by atoms with Crippen molar-refractivity contribution in [3.63, 3.8) is 0 Å². The summed E-state index contributed by atoms with van der Waals surface area (Å²) < 4.78 is 21.1. The van der Waals surface area contributed by atoms with Crippen molar-refractivity contribution in [2.45, 2.75) is 18.1 Å². The van der Waals surface area contributed by atoms with Gasteiger partial charge in [-0.2, -0.15) is 0 Å². The fraction of sp³-hybridized carbons (Fsp3) is 0.286. The molecule has 1 unspecified atom stereocenters. The summed E-state index contributed by atoms with van der Waals surface area (Å²) in [6.07, 6.45) is -0.757. The molecule has 2 aromatic carbocycles. The molecule has 30 heavy (non-hydrogen) atoms. The molecule has 3 atom stereocenters. The number of fused-ring (bicyclic) bond motifs is 1. The number of amides is 1. The minimum Gasteiger partial charge on any atom is -0.479 e.